The van der Waals surface area contributed by atoms with Crippen LogP contribution < -0.4 is 5.73 Å². The molecule has 25 heavy (non-hydrogen) atoms. The molecule has 0 amide bonds. The second-order valence-corrected chi connectivity index (χ2v) is 9.42. The van der Waals surface area contributed by atoms with Crippen molar-refractivity contribution >= 4 is 17.3 Å². The van der Waals surface area contributed by atoms with E-state index in [1.165, 1.54) is 4.31 Å². The van der Waals surface area contributed by atoms with Crippen molar-refractivity contribution in [2.75, 3.05) is 32.8 Å². The van der Waals surface area contributed by atoms with Crippen LogP contribution in [0.5, 0.6) is 0 Å². The van der Waals surface area contributed by atoms with Gasteiger partial charge in [-0.2, -0.15) is 17.0 Å². The fourth-order valence-corrected chi connectivity index (χ4v) is 5.84. The number of ether oxygens (including phenoxy) is 1. The Morgan fingerprint density at radius 1 is 1.44 bits per heavy atom. The highest BCUT2D eigenvalue weighted by molar-refractivity contribution is 7.86. The van der Waals surface area contributed by atoms with Crippen LogP contribution in [0.4, 0.5) is 0 Å². The van der Waals surface area contributed by atoms with Gasteiger partial charge in [-0.1, -0.05) is 13.3 Å². The van der Waals surface area contributed by atoms with Crippen molar-refractivity contribution in [3.63, 3.8) is 0 Å². The molecule has 0 aromatic rings. The van der Waals surface area contributed by atoms with Crippen LogP contribution in [0.15, 0.2) is 0 Å². The normalized spacial score (nSPS) is 31.1. The molecule has 0 aromatic heterocycles. The molecule has 0 bridgehead atoms. The summed E-state index contributed by atoms with van der Waals surface area (Å²) in [6.45, 7) is 6.05. The summed E-state index contributed by atoms with van der Waals surface area (Å²) < 4.78 is 34.8. The molecule has 8 nitrogen and oxygen atoms in total. The fourth-order valence-electron chi connectivity index (χ4n) is 3.78. The Morgan fingerprint density at radius 3 is 2.72 bits per heavy atom. The molecule has 2 rings (SSSR count). The van der Waals surface area contributed by atoms with Crippen LogP contribution in [0.1, 0.15) is 39.5 Å². The van der Waals surface area contributed by atoms with Crippen LogP contribution in [0.25, 0.3) is 0 Å². The van der Waals surface area contributed by atoms with E-state index in [-0.39, 0.29) is 24.8 Å². The van der Waals surface area contributed by atoms with E-state index in [4.69, 9.17) is 20.5 Å². The maximum absolute atomic E-state index is 13.2. The quantitative estimate of drug-likeness (QED) is 0.473. The highest BCUT2D eigenvalue weighted by Crippen LogP contribution is 2.33. The first-order chi connectivity index (χ1) is 11.7. The number of hydrogen-bond acceptors (Lipinski definition) is 6. The van der Waals surface area contributed by atoms with Crippen LogP contribution in [0, 0.1) is 5.92 Å². The Morgan fingerprint density at radius 2 is 2.16 bits per heavy atom. The molecule has 0 aromatic carbocycles. The van der Waals surface area contributed by atoms with Crippen molar-refractivity contribution in [2.45, 2.75) is 57.4 Å². The minimum atomic E-state index is -3.58. The van der Waals surface area contributed by atoms with Crippen molar-refractivity contribution in [3.05, 3.63) is 0 Å². The molecule has 2 heterocycles. The molecular formula is C15H32BN3O5S. The molecular weight excluding hydrogens is 345 g/mol. The van der Waals surface area contributed by atoms with Gasteiger partial charge in [0.15, 0.2) is 0 Å². The van der Waals surface area contributed by atoms with Gasteiger partial charge < -0.3 is 20.5 Å². The third kappa shape index (κ3) is 5.15. The van der Waals surface area contributed by atoms with Crippen LogP contribution >= 0.6 is 0 Å². The molecule has 0 radical (unpaired) electrons. The topological polar surface area (TPSA) is 116 Å². The van der Waals surface area contributed by atoms with Crippen molar-refractivity contribution in [2.24, 2.45) is 11.7 Å². The second-order valence-electron chi connectivity index (χ2n) is 7.54. The maximum atomic E-state index is 13.2. The third-order valence-corrected chi connectivity index (χ3v) is 7.27. The lowest BCUT2D eigenvalue weighted by Gasteiger charge is -2.31. The summed E-state index contributed by atoms with van der Waals surface area (Å²) in [7, 11) is -4.91. The zero-order valence-corrected chi connectivity index (χ0v) is 16.1. The smallest absolute Gasteiger partial charge is 0.427 e. The summed E-state index contributed by atoms with van der Waals surface area (Å²) in [5.74, 6) is 0.00401. The standard InChI is InChI=1S/C15H32BN3O5S/c1-3-8-19(14-6-9-24-11-14)25(22,23)18-10-13(15(2,17)12-18)5-4-7-16(20)21/h13-14,20-21H,3-12,17H2,1-2H3/t13-,14?,15-/m0/s1. The molecule has 2 saturated heterocycles. The van der Waals surface area contributed by atoms with Gasteiger partial charge in [0.05, 0.1) is 12.6 Å². The number of nitrogens with two attached hydrogens (primary N) is 1. The highest BCUT2D eigenvalue weighted by atomic mass is 32.2. The maximum Gasteiger partial charge on any atom is 0.451 e. The van der Waals surface area contributed by atoms with Gasteiger partial charge in [0, 0.05) is 31.8 Å². The monoisotopic (exact) mass is 377 g/mol. The average molecular weight is 377 g/mol. The summed E-state index contributed by atoms with van der Waals surface area (Å²) in [4.78, 5) is 0. The van der Waals surface area contributed by atoms with E-state index in [0.29, 0.717) is 39.1 Å². The molecule has 0 spiro atoms. The predicted octanol–water partition coefficient (Wildman–Crippen LogP) is -0.366. The van der Waals surface area contributed by atoms with Gasteiger partial charge in [-0.3, -0.25) is 0 Å². The van der Waals surface area contributed by atoms with Crippen molar-refractivity contribution in [1.82, 2.24) is 8.61 Å². The summed E-state index contributed by atoms with van der Waals surface area (Å²) in [5, 5.41) is 18.0. The molecule has 0 aliphatic carbocycles. The zero-order valence-electron chi connectivity index (χ0n) is 15.3. The van der Waals surface area contributed by atoms with E-state index in [1.54, 1.807) is 4.31 Å². The van der Waals surface area contributed by atoms with E-state index in [9.17, 15) is 8.42 Å². The molecule has 0 saturated carbocycles. The average Bonchev–Trinajstić information content (AvgIpc) is 3.13. The minimum absolute atomic E-state index is 0.00401. The molecule has 10 heteroatoms. The van der Waals surface area contributed by atoms with Crippen LogP contribution in [-0.4, -0.2) is 78.6 Å². The lowest BCUT2D eigenvalue weighted by molar-refractivity contribution is 0.174. The van der Waals surface area contributed by atoms with Crippen molar-refractivity contribution in [3.8, 4) is 0 Å². The first kappa shape index (κ1) is 21.1. The predicted molar refractivity (Wildman–Crippen MR) is 97.0 cm³/mol. The van der Waals surface area contributed by atoms with Crippen LogP contribution in [-0.2, 0) is 14.9 Å². The van der Waals surface area contributed by atoms with Gasteiger partial charge in [-0.25, -0.2) is 0 Å². The largest absolute Gasteiger partial charge is 0.451 e. The number of hydrogen-bond donors (Lipinski definition) is 3. The van der Waals surface area contributed by atoms with Gasteiger partial charge >= 0.3 is 7.12 Å². The Hall–Kier alpha value is -0.225. The molecule has 2 aliphatic heterocycles. The lowest BCUT2D eigenvalue weighted by Crippen LogP contribution is -2.50. The van der Waals surface area contributed by atoms with Crippen molar-refractivity contribution in [1.29, 1.82) is 0 Å². The first-order valence-electron chi connectivity index (χ1n) is 9.18. The summed E-state index contributed by atoms with van der Waals surface area (Å²) >= 11 is 0. The Bertz CT molecular complexity index is 525. The van der Waals surface area contributed by atoms with Gasteiger partial charge in [0.25, 0.3) is 10.2 Å². The van der Waals surface area contributed by atoms with E-state index >= 15 is 0 Å². The Balaban J connectivity index is 2.07. The minimum Gasteiger partial charge on any atom is -0.427 e. The van der Waals surface area contributed by atoms with Gasteiger partial charge in [0.2, 0.25) is 0 Å². The van der Waals surface area contributed by atoms with E-state index < -0.39 is 22.9 Å². The summed E-state index contributed by atoms with van der Waals surface area (Å²) in [5.41, 5.74) is 5.77. The molecule has 3 atom stereocenters. The highest BCUT2D eigenvalue weighted by Gasteiger charge is 2.47. The Kier molecular flexibility index (Phi) is 7.29. The summed E-state index contributed by atoms with van der Waals surface area (Å²) in [6, 6.07) is -0.0995. The van der Waals surface area contributed by atoms with Gasteiger partial charge in [-0.05, 0) is 38.4 Å². The first-order valence-corrected chi connectivity index (χ1v) is 10.6. The summed E-state index contributed by atoms with van der Waals surface area (Å²) in [6.07, 6.45) is 3.04. The third-order valence-electron chi connectivity index (χ3n) is 5.27. The second kappa shape index (κ2) is 8.64. The van der Waals surface area contributed by atoms with E-state index in [0.717, 1.165) is 12.8 Å². The SMILES string of the molecule is CCCN(C1CCOC1)S(=O)(=O)N1C[C@H](CCCB(O)O)[C@@](C)(N)C1. The lowest BCUT2D eigenvalue weighted by atomic mass is 9.79. The number of rotatable bonds is 9. The van der Waals surface area contributed by atoms with Gasteiger partial charge in [-0.15, -0.1) is 0 Å². The van der Waals surface area contributed by atoms with Crippen LogP contribution in [0.2, 0.25) is 6.32 Å². The Labute approximate surface area is 151 Å². The van der Waals surface area contributed by atoms with E-state index in [1.807, 2.05) is 13.8 Å². The van der Waals surface area contributed by atoms with Crippen LogP contribution in [0.3, 0.4) is 0 Å². The van der Waals surface area contributed by atoms with E-state index in [2.05, 4.69) is 0 Å². The van der Waals surface area contributed by atoms with Crippen molar-refractivity contribution < 1.29 is 23.2 Å². The molecule has 4 N–H and O–H groups in total. The molecule has 2 fully saturated rings. The molecule has 146 valence electrons. The molecule has 2 aliphatic rings. The van der Waals surface area contributed by atoms with Gasteiger partial charge in [0.1, 0.15) is 0 Å². The zero-order chi connectivity index (χ0) is 18.7. The number of nitrogens with zero attached hydrogens (tertiary/aromatic N) is 2. The fraction of sp³-hybridized carbons (Fsp3) is 1.00. The molecule has 1 unspecified atom stereocenters.